The van der Waals surface area contributed by atoms with Gasteiger partial charge in [0.25, 0.3) is 0 Å². The second kappa shape index (κ2) is 6.90. The van der Waals surface area contributed by atoms with Crippen LogP contribution in [-0.4, -0.2) is 12.4 Å². The fraction of sp³-hybridized carbons (Fsp3) is 0.278. The average Bonchev–Trinajstić information content (AvgIpc) is 2.52. The molecule has 2 aromatic carbocycles. The molecule has 0 unspecified atom stereocenters. The van der Waals surface area contributed by atoms with Crippen LogP contribution in [0, 0.1) is 0 Å². The number of hydrogen-bond donors (Lipinski definition) is 0. The van der Waals surface area contributed by atoms with Gasteiger partial charge in [-0.05, 0) is 35.7 Å². The predicted octanol–water partition coefficient (Wildman–Crippen LogP) is 4.74. The molecular weight excluding hydrogens is 248 g/mol. The van der Waals surface area contributed by atoms with Crippen LogP contribution in [0.15, 0.2) is 48.5 Å². The molecule has 0 saturated heterocycles. The van der Waals surface area contributed by atoms with E-state index in [-0.39, 0.29) is 5.78 Å². The van der Waals surface area contributed by atoms with Gasteiger partial charge in [-0.3, -0.25) is 4.79 Å². The van der Waals surface area contributed by atoms with Crippen LogP contribution < -0.4 is 4.74 Å². The maximum absolute atomic E-state index is 11.7. The third kappa shape index (κ3) is 3.47. The fourth-order valence-electron chi connectivity index (χ4n) is 2.04. The molecule has 0 spiro atoms. The van der Waals surface area contributed by atoms with E-state index in [0.717, 1.165) is 35.5 Å². The summed E-state index contributed by atoms with van der Waals surface area (Å²) in [7, 11) is 0. The molecule has 0 fully saturated rings. The van der Waals surface area contributed by atoms with Crippen LogP contribution in [0.5, 0.6) is 5.75 Å². The first-order chi connectivity index (χ1) is 9.74. The van der Waals surface area contributed by atoms with Crippen molar-refractivity contribution in [3.05, 3.63) is 54.1 Å². The SMILES string of the molecule is CCCOc1ccc(-c2cccc(C(=O)CC)c2)cc1. The van der Waals surface area contributed by atoms with Crippen molar-refractivity contribution in [2.75, 3.05) is 6.61 Å². The molecule has 2 rings (SSSR count). The van der Waals surface area contributed by atoms with Crippen LogP contribution in [0.3, 0.4) is 0 Å². The summed E-state index contributed by atoms with van der Waals surface area (Å²) >= 11 is 0. The zero-order valence-electron chi connectivity index (χ0n) is 12.1. The van der Waals surface area contributed by atoms with E-state index >= 15 is 0 Å². The maximum Gasteiger partial charge on any atom is 0.162 e. The summed E-state index contributed by atoms with van der Waals surface area (Å²) in [6.45, 7) is 4.71. The Balaban J connectivity index is 2.21. The van der Waals surface area contributed by atoms with Crippen molar-refractivity contribution in [3.63, 3.8) is 0 Å². The van der Waals surface area contributed by atoms with E-state index in [1.807, 2.05) is 55.5 Å². The van der Waals surface area contributed by atoms with Gasteiger partial charge in [0.15, 0.2) is 5.78 Å². The molecule has 20 heavy (non-hydrogen) atoms. The normalized spacial score (nSPS) is 10.3. The summed E-state index contributed by atoms with van der Waals surface area (Å²) < 4.78 is 5.57. The highest BCUT2D eigenvalue weighted by Gasteiger charge is 2.05. The average molecular weight is 268 g/mol. The Morgan fingerprint density at radius 1 is 1.00 bits per heavy atom. The van der Waals surface area contributed by atoms with Crippen molar-refractivity contribution < 1.29 is 9.53 Å². The van der Waals surface area contributed by atoms with Gasteiger partial charge in [-0.1, -0.05) is 44.2 Å². The topological polar surface area (TPSA) is 26.3 Å². The van der Waals surface area contributed by atoms with Gasteiger partial charge in [0.1, 0.15) is 5.75 Å². The van der Waals surface area contributed by atoms with Gasteiger partial charge >= 0.3 is 0 Å². The molecule has 0 aliphatic carbocycles. The van der Waals surface area contributed by atoms with Gasteiger partial charge in [0.05, 0.1) is 6.61 Å². The van der Waals surface area contributed by atoms with E-state index in [1.54, 1.807) is 0 Å². The zero-order chi connectivity index (χ0) is 14.4. The molecule has 104 valence electrons. The standard InChI is InChI=1S/C18H20O2/c1-3-12-20-17-10-8-14(9-11-17)15-6-5-7-16(13-15)18(19)4-2/h5-11,13H,3-4,12H2,1-2H3. The third-order valence-corrected chi connectivity index (χ3v) is 3.17. The van der Waals surface area contributed by atoms with Crippen LogP contribution in [0.2, 0.25) is 0 Å². The van der Waals surface area contributed by atoms with Crippen LogP contribution in [0.4, 0.5) is 0 Å². The molecule has 0 aromatic heterocycles. The van der Waals surface area contributed by atoms with E-state index in [1.165, 1.54) is 0 Å². The second-order valence-electron chi connectivity index (χ2n) is 4.73. The molecule has 2 aromatic rings. The van der Waals surface area contributed by atoms with E-state index in [9.17, 15) is 4.79 Å². The summed E-state index contributed by atoms with van der Waals surface area (Å²) in [5, 5.41) is 0. The number of benzene rings is 2. The lowest BCUT2D eigenvalue weighted by Gasteiger charge is -2.07. The lowest BCUT2D eigenvalue weighted by Crippen LogP contribution is -1.96. The number of Topliss-reactive ketones (excluding diaryl/α,β-unsaturated/α-hetero) is 1. The summed E-state index contributed by atoms with van der Waals surface area (Å²) in [6, 6.07) is 15.8. The summed E-state index contributed by atoms with van der Waals surface area (Å²) in [5.41, 5.74) is 2.93. The molecular formula is C18H20O2. The summed E-state index contributed by atoms with van der Waals surface area (Å²) in [4.78, 5) is 11.7. The first-order valence-electron chi connectivity index (χ1n) is 7.11. The first kappa shape index (κ1) is 14.3. The molecule has 2 nitrogen and oxygen atoms in total. The highest BCUT2D eigenvalue weighted by atomic mass is 16.5. The Morgan fingerprint density at radius 2 is 1.75 bits per heavy atom. The van der Waals surface area contributed by atoms with E-state index in [0.29, 0.717) is 6.42 Å². The van der Waals surface area contributed by atoms with Gasteiger partial charge in [-0.15, -0.1) is 0 Å². The van der Waals surface area contributed by atoms with Crippen LogP contribution >= 0.6 is 0 Å². The number of carbonyl (C=O) groups is 1. The lowest BCUT2D eigenvalue weighted by molar-refractivity contribution is 0.0988. The molecule has 0 atom stereocenters. The van der Waals surface area contributed by atoms with Gasteiger partial charge in [-0.25, -0.2) is 0 Å². The van der Waals surface area contributed by atoms with Gasteiger partial charge in [0, 0.05) is 12.0 Å². The molecule has 0 N–H and O–H groups in total. The third-order valence-electron chi connectivity index (χ3n) is 3.17. The molecule has 0 radical (unpaired) electrons. The van der Waals surface area contributed by atoms with E-state index in [2.05, 4.69) is 6.92 Å². The minimum absolute atomic E-state index is 0.176. The Hall–Kier alpha value is -2.09. The lowest BCUT2D eigenvalue weighted by atomic mass is 10.0. The van der Waals surface area contributed by atoms with Crippen molar-refractivity contribution in [1.82, 2.24) is 0 Å². The Labute approximate surface area is 120 Å². The van der Waals surface area contributed by atoms with Gasteiger partial charge in [-0.2, -0.15) is 0 Å². The fourth-order valence-corrected chi connectivity index (χ4v) is 2.04. The predicted molar refractivity (Wildman–Crippen MR) is 82.3 cm³/mol. The monoisotopic (exact) mass is 268 g/mol. The van der Waals surface area contributed by atoms with Crippen LogP contribution in [0.25, 0.3) is 11.1 Å². The number of hydrogen-bond acceptors (Lipinski definition) is 2. The first-order valence-corrected chi connectivity index (χ1v) is 7.11. The van der Waals surface area contributed by atoms with E-state index < -0.39 is 0 Å². The highest BCUT2D eigenvalue weighted by Crippen LogP contribution is 2.23. The molecule has 2 heteroatoms. The minimum atomic E-state index is 0.176. The largest absolute Gasteiger partial charge is 0.494 e. The van der Waals surface area contributed by atoms with Crippen molar-refractivity contribution in [2.24, 2.45) is 0 Å². The smallest absolute Gasteiger partial charge is 0.162 e. The maximum atomic E-state index is 11.7. The quantitative estimate of drug-likeness (QED) is 0.708. The van der Waals surface area contributed by atoms with E-state index in [4.69, 9.17) is 4.74 Å². The van der Waals surface area contributed by atoms with Gasteiger partial charge in [0.2, 0.25) is 0 Å². The minimum Gasteiger partial charge on any atom is -0.494 e. The van der Waals surface area contributed by atoms with Crippen molar-refractivity contribution in [2.45, 2.75) is 26.7 Å². The Bertz CT molecular complexity index is 570. The van der Waals surface area contributed by atoms with Crippen LogP contribution in [0.1, 0.15) is 37.0 Å². The second-order valence-corrected chi connectivity index (χ2v) is 4.73. The van der Waals surface area contributed by atoms with Crippen molar-refractivity contribution in [3.8, 4) is 16.9 Å². The zero-order valence-corrected chi connectivity index (χ0v) is 12.1. The van der Waals surface area contributed by atoms with Crippen molar-refractivity contribution >= 4 is 5.78 Å². The summed E-state index contributed by atoms with van der Waals surface area (Å²) in [5.74, 6) is 1.06. The molecule has 0 saturated carbocycles. The molecule has 0 aliphatic heterocycles. The van der Waals surface area contributed by atoms with Crippen LogP contribution in [-0.2, 0) is 0 Å². The number of carbonyl (C=O) groups excluding carboxylic acids is 1. The Morgan fingerprint density at radius 3 is 2.40 bits per heavy atom. The number of ketones is 1. The molecule has 0 aliphatic rings. The number of ether oxygens (including phenoxy) is 1. The molecule has 0 heterocycles. The number of rotatable bonds is 6. The van der Waals surface area contributed by atoms with Crippen molar-refractivity contribution in [1.29, 1.82) is 0 Å². The summed E-state index contributed by atoms with van der Waals surface area (Å²) in [6.07, 6.45) is 1.54. The highest BCUT2D eigenvalue weighted by molar-refractivity contribution is 5.97. The van der Waals surface area contributed by atoms with Gasteiger partial charge < -0.3 is 4.74 Å². The Kier molecular flexibility index (Phi) is 4.94. The molecule has 0 amide bonds. The molecule has 0 bridgehead atoms.